The Hall–Kier alpha value is -2.75. The molecule has 1 saturated heterocycles. The summed E-state index contributed by atoms with van der Waals surface area (Å²) in [7, 11) is 1.72. The van der Waals surface area contributed by atoms with Crippen LogP contribution >= 0.6 is 11.9 Å². The molecule has 1 aliphatic heterocycles. The van der Waals surface area contributed by atoms with E-state index in [2.05, 4.69) is 23.0 Å². The number of hydrogen-bond donors (Lipinski definition) is 4. The predicted molar refractivity (Wildman–Crippen MR) is 126 cm³/mol. The van der Waals surface area contributed by atoms with Gasteiger partial charge in [-0.1, -0.05) is 31.5 Å². The van der Waals surface area contributed by atoms with Crippen molar-refractivity contribution in [1.82, 2.24) is 15.2 Å². The Labute approximate surface area is 192 Å². The van der Waals surface area contributed by atoms with Gasteiger partial charge in [-0.25, -0.2) is 4.79 Å². The first kappa shape index (κ1) is 23.9. The second-order valence-electron chi connectivity index (χ2n) is 7.57. The van der Waals surface area contributed by atoms with Crippen molar-refractivity contribution in [1.29, 1.82) is 0 Å². The smallest absolute Gasteiger partial charge is 0.335 e. The molecule has 0 bridgehead atoms. The number of aromatic carboxylic acids is 1. The Kier molecular flexibility index (Phi) is 8.78. The zero-order valence-electron chi connectivity index (χ0n) is 18.4. The molecule has 1 amide bonds. The molecule has 0 spiro atoms. The van der Waals surface area contributed by atoms with Crippen molar-refractivity contribution in [2.75, 3.05) is 25.5 Å². The van der Waals surface area contributed by atoms with E-state index in [9.17, 15) is 14.7 Å². The van der Waals surface area contributed by atoms with E-state index in [1.54, 1.807) is 23.6 Å². The molecule has 4 N–H and O–H groups in total. The molecule has 9 heteroatoms. The molecule has 3 rings (SSSR count). The van der Waals surface area contributed by atoms with Crippen LogP contribution in [0.2, 0.25) is 0 Å². The molecule has 0 aromatic heterocycles. The third-order valence-electron chi connectivity index (χ3n) is 4.99. The Bertz CT molecular complexity index is 920. The maximum absolute atomic E-state index is 12.5. The van der Waals surface area contributed by atoms with Crippen molar-refractivity contribution in [2.24, 2.45) is 0 Å². The minimum absolute atomic E-state index is 0.112. The van der Waals surface area contributed by atoms with Crippen LogP contribution in [-0.4, -0.2) is 47.6 Å². The summed E-state index contributed by atoms with van der Waals surface area (Å²) in [5.74, 6) is 0.0115. The van der Waals surface area contributed by atoms with Crippen LogP contribution in [0.4, 0.5) is 5.69 Å². The first-order chi connectivity index (χ1) is 15.5. The number of carbonyl (C=O) groups is 2. The van der Waals surface area contributed by atoms with Gasteiger partial charge in [0.05, 0.1) is 22.2 Å². The van der Waals surface area contributed by atoms with Crippen LogP contribution in [0.1, 0.15) is 43.0 Å². The summed E-state index contributed by atoms with van der Waals surface area (Å²) in [5, 5.41) is 16.1. The maximum atomic E-state index is 12.5. The average molecular weight is 459 g/mol. The van der Waals surface area contributed by atoms with Gasteiger partial charge >= 0.3 is 5.97 Å². The van der Waals surface area contributed by atoms with Crippen molar-refractivity contribution in [3.8, 4) is 11.5 Å². The number of hydrogen-bond acceptors (Lipinski definition) is 7. The SMILES string of the molecule is CCCCNc1cc(C(=O)O)cc(SN(C)NC(=O)[C@@H]2CCCN2)c1Oc1ccccc1. The van der Waals surface area contributed by atoms with E-state index >= 15 is 0 Å². The van der Waals surface area contributed by atoms with Gasteiger partial charge < -0.3 is 20.5 Å². The van der Waals surface area contributed by atoms with Gasteiger partial charge in [0.2, 0.25) is 0 Å². The summed E-state index contributed by atoms with van der Waals surface area (Å²) in [6.07, 6.45) is 3.71. The predicted octanol–water partition coefficient (Wildman–Crippen LogP) is 4.11. The summed E-state index contributed by atoms with van der Waals surface area (Å²) in [6.45, 7) is 3.61. The standard InChI is InChI=1S/C23H30N4O4S/c1-3-4-12-25-19-14-16(23(29)30)15-20(21(19)31-17-9-6-5-7-10-17)32-27(2)26-22(28)18-11-8-13-24-18/h5-7,9-10,14-15,18,24-25H,3-4,8,11-13H2,1-2H3,(H,26,28)(H,29,30)/t18-/m0/s1. The molecule has 8 nitrogen and oxygen atoms in total. The van der Waals surface area contributed by atoms with E-state index in [0.29, 0.717) is 28.6 Å². The number of anilines is 1. The molecule has 0 unspecified atom stereocenters. The topological polar surface area (TPSA) is 103 Å². The van der Waals surface area contributed by atoms with Gasteiger partial charge in [-0.15, -0.1) is 0 Å². The quantitative estimate of drug-likeness (QED) is 0.227. The number of nitrogens with zero attached hydrogens (tertiary/aromatic N) is 1. The highest BCUT2D eigenvalue weighted by Crippen LogP contribution is 2.41. The van der Waals surface area contributed by atoms with Gasteiger partial charge in [0, 0.05) is 13.6 Å². The van der Waals surface area contributed by atoms with Crippen molar-refractivity contribution in [3.63, 3.8) is 0 Å². The van der Waals surface area contributed by atoms with E-state index < -0.39 is 5.97 Å². The highest BCUT2D eigenvalue weighted by atomic mass is 32.2. The fourth-order valence-corrected chi connectivity index (χ4v) is 4.19. The number of benzene rings is 2. The number of carboxylic acids is 1. The Balaban J connectivity index is 1.89. The normalized spacial score (nSPS) is 15.5. The van der Waals surface area contributed by atoms with E-state index in [-0.39, 0.29) is 17.5 Å². The second-order valence-corrected chi connectivity index (χ2v) is 8.74. The Morgan fingerprint density at radius 2 is 2.06 bits per heavy atom. The Morgan fingerprint density at radius 1 is 1.28 bits per heavy atom. The van der Waals surface area contributed by atoms with Gasteiger partial charge in [0.1, 0.15) is 5.75 Å². The number of hydrazine groups is 1. The van der Waals surface area contributed by atoms with Crippen molar-refractivity contribution < 1.29 is 19.4 Å². The summed E-state index contributed by atoms with van der Waals surface area (Å²) in [4.78, 5) is 24.8. The van der Waals surface area contributed by atoms with Crippen LogP contribution in [0.25, 0.3) is 0 Å². The maximum Gasteiger partial charge on any atom is 0.335 e. The number of carbonyl (C=O) groups excluding carboxylic acids is 1. The third-order valence-corrected chi connectivity index (χ3v) is 5.86. The molecule has 2 aromatic rings. The third kappa shape index (κ3) is 6.62. The molecule has 0 saturated carbocycles. The molecule has 1 fully saturated rings. The molecule has 32 heavy (non-hydrogen) atoms. The molecule has 0 aliphatic carbocycles. The molecule has 172 valence electrons. The lowest BCUT2D eigenvalue weighted by molar-refractivity contribution is -0.125. The molecule has 2 aromatic carbocycles. The van der Waals surface area contributed by atoms with E-state index in [4.69, 9.17) is 4.74 Å². The first-order valence-corrected chi connectivity index (χ1v) is 11.6. The fourth-order valence-electron chi connectivity index (χ4n) is 3.35. The van der Waals surface area contributed by atoms with Crippen LogP contribution < -0.4 is 20.8 Å². The number of para-hydroxylation sites is 1. The monoisotopic (exact) mass is 458 g/mol. The van der Waals surface area contributed by atoms with Crippen LogP contribution in [0.5, 0.6) is 11.5 Å². The first-order valence-electron chi connectivity index (χ1n) is 10.8. The summed E-state index contributed by atoms with van der Waals surface area (Å²) < 4.78 is 7.76. The van der Waals surface area contributed by atoms with Crippen LogP contribution in [0.3, 0.4) is 0 Å². The molecule has 0 radical (unpaired) electrons. The zero-order chi connectivity index (χ0) is 22.9. The van der Waals surface area contributed by atoms with E-state index in [1.807, 2.05) is 30.3 Å². The average Bonchev–Trinajstić information content (AvgIpc) is 3.31. The van der Waals surface area contributed by atoms with Gasteiger partial charge in [0.15, 0.2) is 5.75 Å². The minimum Gasteiger partial charge on any atom is -0.478 e. The highest BCUT2D eigenvalue weighted by Gasteiger charge is 2.24. The van der Waals surface area contributed by atoms with E-state index in [0.717, 1.165) is 32.2 Å². The largest absolute Gasteiger partial charge is 0.478 e. The van der Waals surface area contributed by atoms with Crippen LogP contribution in [-0.2, 0) is 4.79 Å². The number of rotatable bonds is 11. The minimum atomic E-state index is -1.03. The lowest BCUT2D eigenvalue weighted by Gasteiger charge is -2.22. The zero-order valence-corrected chi connectivity index (χ0v) is 19.2. The number of nitrogens with one attached hydrogen (secondary N) is 3. The number of unbranched alkanes of at least 4 members (excludes halogenated alkanes) is 1. The number of amides is 1. The lowest BCUT2D eigenvalue weighted by Crippen LogP contribution is -2.45. The second kappa shape index (κ2) is 11.8. The highest BCUT2D eigenvalue weighted by molar-refractivity contribution is 7.97. The van der Waals surface area contributed by atoms with Crippen molar-refractivity contribution in [3.05, 3.63) is 48.0 Å². The molecule has 1 atom stereocenters. The molecule has 1 aliphatic rings. The van der Waals surface area contributed by atoms with Crippen molar-refractivity contribution in [2.45, 2.75) is 43.5 Å². The van der Waals surface area contributed by atoms with Gasteiger partial charge in [-0.05, 0) is 62.0 Å². The summed E-state index contributed by atoms with van der Waals surface area (Å²) in [6, 6.07) is 12.3. The molecular formula is C23H30N4O4S. The Morgan fingerprint density at radius 3 is 2.72 bits per heavy atom. The fraction of sp³-hybridized carbons (Fsp3) is 0.391. The number of carboxylic acid groups (broad SMARTS) is 1. The van der Waals surface area contributed by atoms with Gasteiger partial charge in [0.25, 0.3) is 5.91 Å². The lowest BCUT2D eigenvalue weighted by atomic mass is 10.1. The molecule has 1 heterocycles. The van der Waals surface area contributed by atoms with Gasteiger partial charge in [-0.3, -0.25) is 10.2 Å². The van der Waals surface area contributed by atoms with Crippen LogP contribution in [0.15, 0.2) is 47.4 Å². The number of ether oxygens (including phenoxy) is 1. The summed E-state index contributed by atoms with van der Waals surface area (Å²) in [5.41, 5.74) is 3.59. The van der Waals surface area contributed by atoms with Gasteiger partial charge in [-0.2, -0.15) is 4.41 Å². The van der Waals surface area contributed by atoms with Crippen molar-refractivity contribution >= 4 is 29.5 Å². The summed E-state index contributed by atoms with van der Waals surface area (Å²) >= 11 is 1.21. The molecular weight excluding hydrogens is 428 g/mol. The van der Waals surface area contributed by atoms with Crippen LogP contribution in [0, 0.1) is 0 Å². The van der Waals surface area contributed by atoms with E-state index in [1.165, 1.54) is 11.9 Å².